The first-order valence-electron chi connectivity index (χ1n) is 8.09. The van der Waals surface area contributed by atoms with Crippen LogP contribution >= 0.6 is 11.8 Å². The minimum Gasteiger partial charge on any atom is -0.338 e. The van der Waals surface area contributed by atoms with Crippen molar-refractivity contribution < 1.29 is 18.0 Å². The third-order valence-electron chi connectivity index (χ3n) is 4.26. The standard InChI is InChI=1S/C19H18F3NOS/c20-19(21,22)16-9-5-4-8-15(16)18(24)23-11-10-17(25-13-12-23)14-6-2-1-3-7-14/h1-9,17H,10-13H2. The summed E-state index contributed by atoms with van der Waals surface area (Å²) in [6.45, 7) is 0.913. The van der Waals surface area contributed by atoms with Gasteiger partial charge in [-0.3, -0.25) is 4.79 Å². The zero-order valence-corrected chi connectivity index (χ0v) is 14.3. The van der Waals surface area contributed by atoms with Crippen LogP contribution in [0.25, 0.3) is 0 Å². The Morgan fingerprint density at radius 3 is 2.40 bits per heavy atom. The summed E-state index contributed by atoms with van der Waals surface area (Å²) < 4.78 is 39.5. The molecular weight excluding hydrogens is 347 g/mol. The van der Waals surface area contributed by atoms with Gasteiger partial charge in [0.15, 0.2) is 0 Å². The van der Waals surface area contributed by atoms with Gasteiger partial charge in [0.25, 0.3) is 5.91 Å². The smallest absolute Gasteiger partial charge is 0.338 e. The maximum Gasteiger partial charge on any atom is 0.417 e. The first-order chi connectivity index (χ1) is 12.0. The molecule has 25 heavy (non-hydrogen) atoms. The van der Waals surface area contributed by atoms with E-state index >= 15 is 0 Å². The molecule has 0 aromatic heterocycles. The molecule has 6 heteroatoms. The van der Waals surface area contributed by atoms with Crippen molar-refractivity contribution in [1.29, 1.82) is 0 Å². The number of nitrogens with zero attached hydrogens (tertiary/aromatic N) is 1. The molecule has 3 rings (SSSR count). The highest BCUT2D eigenvalue weighted by Crippen LogP contribution is 2.36. The monoisotopic (exact) mass is 365 g/mol. The van der Waals surface area contributed by atoms with Gasteiger partial charge < -0.3 is 4.90 Å². The highest BCUT2D eigenvalue weighted by atomic mass is 32.2. The van der Waals surface area contributed by atoms with Gasteiger partial charge in [-0.25, -0.2) is 0 Å². The first kappa shape index (κ1) is 17.9. The summed E-state index contributed by atoms with van der Waals surface area (Å²) in [5.41, 5.74) is 0.0622. The van der Waals surface area contributed by atoms with Gasteiger partial charge in [-0.1, -0.05) is 42.5 Å². The molecule has 0 N–H and O–H groups in total. The fourth-order valence-electron chi connectivity index (χ4n) is 2.99. The van der Waals surface area contributed by atoms with Crippen LogP contribution in [0.4, 0.5) is 13.2 Å². The molecule has 1 amide bonds. The summed E-state index contributed by atoms with van der Waals surface area (Å²) in [5, 5.41) is 0.261. The summed E-state index contributed by atoms with van der Waals surface area (Å²) in [5.74, 6) is 0.168. The second-order valence-corrected chi connectivity index (χ2v) is 7.20. The zero-order chi connectivity index (χ0) is 17.9. The van der Waals surface area contributed by atoms with Gasteiger partial charge in [-0.15, -0.1) is 0 Å². The van der Waals surface area contributed by atoms with Crippen LogP contribution in [-0.4, -0.2) is 29.6 Å². The summed E-state index contributed by atoms with van der Waals surface area (Å²) in [6, 6.07) is 15.0. The Balaban J connectivity index is 1.76. The summed E-state index contributed by atoms with van der Waals surface area (Å²) >= 11 is 1.75. The Hall–Kier alpha value is -1.95. The van der Waals surface area contributed by atoms with E-state index in [0.29, 0.717) is 18.8 Å². The molecule has 1 atom stereocenters. The Morgan fingerprint density at radius 2 is 1.68 bits per heavy atom. The zero-order valence-electron chi connectivity index (χ0n) is 13.5. The molecule has 2 aromatic carbocycles. The molecule has 132 valence electrons. The number of rotatable bonds is 2. The van der Waals surface area contributed by atoms with E-state index in [1.54, 1.807) is 16.7 Å². The van der Waals surface area contributed by atoms with Gasteiger partial charge in [0, 0.05) is 24.1 Å². The third-order valence-corrected chi connectivity index (χ3v) is 5.59. The highest BCUT2D eigenvalue weighted by molar-refractivity contribution is 7.99. The largest absolute Gasteiger partial charge is 0.417 e. The van der Waals surface area contributed by atoms with Gasteiger partial charge in [0.1, 0.15) is 0 Å². The molecule has 2 nitrogen and oxygen atoms in total. The number of benzene rings is 2. The molecule has 1 unspecified atom stereocenters. The van der Waals surface area contributed by atoms with E-state index in [0.717, 1.165) is 12.5 Å². The van der Waals surface area contributed by atoms with Gasteiger partial charge >= 0.3 is 6.18 Å². The maximum absolute atomic E-state index is 13.2. The van der Waals surface area contributed by atoms with E-state index in [-0.39, 0.29) is 10.8 Å². The predicted octanol–water partition coefficient (Wildman–Crippen LogP) is 5.03. The molecule has 0 saturated carbocycles. The van der Waals surface area contributed by atoms with Crippen molar-refractivity contribution in [2.75, 3.05) is 18.8 Å². The number of thioether (sulfide) groups is 1. The SMILES string of the molecule is O=C(c1ccccc1C(F)(F)F)N1CCSC(c2ccccc2)CC1. The number of hydrogen-bond acceptors (Lipinski definition) is 2. The van der Waals surface area contributed by atoms with E-state index in [2.05, 4.69) is 0 Å². The van der Waals surface area contributed by atoms with Crippen LogP contribution in [0, 0.1) is 0 Å². The summed E-state index contributed by atoms with van der Waals surface area (Å²) in [6.07, 6.45) is -3.80. The topological polar surface area (TPSA) is 20.3 Å². The van der Waals surface area contributed by atoms with Crippen molar-refractivity contribution in [3.63, 3.8) is 0 Å². The minimum absolute atomic E-state index is 0.261. The molecule has 0 radical (unpaired) electrons. The number of hydrogen-bond donors (Lipinski definition) is 0. The van der Waals surface area contributed by atoms with Crippen molar-refractivity contribution >= 4 is 17.7 Å². The molecule has 0 bridgehead atoms. The van der Waals surface area contributed by atoms with E-state index < -0.39 is 17.6 Å². The van der Waals surface area contributed by atoms with Gasteiger partial charge in [0.2, 0.25) is 0 Å². The van der Waals surface area contributed by atoms with Crippen molar-refractivity contribution in [1.82, 2.24) is 4.90 Å². The van der Waals surface area contributed by atoms with Gasteiger partial charge in [-0.2, -0.15) is 24.9 Å². The number of alkyl halides is 3. The second-order valence-electron chi connectivity index (χ2n) is 5.89. The molecule has 1 aliphatic heterocycles. The lowest BCUT2D eigenvalue weighted by molar-refractivity contribution is -0.138. The minimum atomic E-state index is -4.53. The van der Waals surface area contributed by atoms with Crippen LogP contribution in [0.15, 0.2) is 54.6 Å². The number of amides is 1. The van der Waals surface area contributed by atoms with Crippen molar-refractivity contribution in [3.05, 3.63) is 71.3 Å². The number of carbonyl (C=O) groups is 1. The lowest BCUT2D eigenvalue weighted by Crippen LogP contribution is -2.34. The Kier molecular flexibility index (Phi) is 5.37. The van der Waals surface area contributed by atoms with Crippen LogP contribution in [0.3, 0.4) is 0 Å². The second kappa shape index (κ2) is 7.52. The Bertz CT molecular complexity index is 733. The van der Waals surface area contributed by atoms with Crippen LogP contribution in [0.2, 0.25) is 0 Å². The van der Waals surface area contributed by atoms with E-state index in [1.807, 2.05) is 30.3 Å². The highest BCUT2D eigenvalue weighted by Gasteiger charge is 2.36. The normalized spacial score (nSPS) is 18.7. The van der Waals surface area contributed by atoms with Crippen LogP contribution in [-0.2, 0) is 6.18 Å². The van der Waals surface area contributed by atoms with Crippen molar-refractivity contribution in [2.24, 2.45) is 0 Å². The molecule has 1 heterocycles. The van der Waals surface area contributed by atoms with Crippen LogP contribution in [0.1, 0.15) is 33.2 Å². The summed E-state index contributed by atoms with van der Waals surface area (Å²) in [7, 11) is 0. The fraction of sp³-hybridized carbons (Fsp3) is 0.316. The van der Waals surface area contributed by atoms with E-state index in [4.69, 9.17) is 0 Å². The number of halogens is 3. The molecule has 1 aliphatic rings. The Labute approximate surface area is 149 Å². The van der Waals surface area contributed by atoms with Crippen molar-refractivity contribution in [3.8, 4) is 0 Å². The van der Waals surface area contributed by atoms with Crippen LogP contribution < -0.4 is 0 Å². The molecule has 1 fully saturated rings. The molecule has 2 aromatic rings. The van der Waals surface area contributed by atoms with E-state index in [9.17, 15) is 18.0 Å². The fourth-order valence-corrected chi connectivity index (χ4v) is 4.23. The Morgan fingerprint density at radius 1 is 1.00 bits per heavy atom. The lowest BCUT2D eigenvalue weighted by Gasteiger charge is -2.22. The summed E-state index contributed by atoms with van der Waals surface area (Å²) in [4.78, 5) is 14.2. The van der Waals surface area contributed by atoms with Crippen LogP contribution in [0.5, 0.6) is 0 Å². The predicted molar refractivity (Wildman–Crippen MR) is 93.6 cm³/mol. The number of carbonyl (C=O) groups excluding carboxylic acids is 1. The van der Waals surface area contributed by atoms with E-state index in [1.165, 1.54) is 23.8 Å². The maximum atomic E-state index is 13.2. The molecular formula is C19H18F3NOS. The molecule has 0 aliphatic carbocycles. The lowest BCUT2D eigenvalue weighted by atomic mass is 10.1. The quantitative estimate of drug-likeness (QED) is 0.744. The van der Waals surface area contributed by atoms with Gasteiger partial charge in [-0.05, 0) is 24.1 Å². The molecule has 1 saturated heterocycles. The first-order valence-corrected chi connectivity index (χ1v) is 9.14. The molecule has 0 spiro atoms. The van der Waals surface area contributed by atoms with Crippen molar-refractivity contribution in [2.45, 2.75) is 17.8 Å². The average molecular weight is 365 g/mol. The van der Waals surface area contributed by atoms with Gasteiger partial charge in [0.05, 0.1) is 11.1 Å². The average Bonchev–Trinajstić information content (AvgIpc) is 2.87. The third kappa shape index (κ3) is 4.18.